The van der Waals surface area contributed by atoms with Crippen LogP contribution in [0, 0.1) is 0 Å². The lowest BCUT2D eigenvalue weighted by Crippen LogP contribution is -1.94. The minimum atomic E-state index is -0.0576. The molecule has 2 aromatic carbocycles. The van der Waals surface area contributed by atoms with Gasteiger partial charge in [0.05, 0.1) is 35.2 Å². The van der Waals surface area contributed by atoms with Gasteiger partial charge in [0, 0.05) is 5.39 Å². The molecule has 0 N–H and O–H groups in total. The maximum Gasteiger partial charge on any atom is 0.223 e. The Morgan fingerprint density at radius 2 is 1.42 bits per heavy atom. The standard InChI is InChI=1S/C12H2N2O2S3/c15-7-3-4-9-6(14-1-17-9)8(16)10(4)19-11(3)12-5(7)13-2-18-12/h1-2H. The van der Waals surface area contributed by atoms with Crippen molar-refractivity contribution in [3.8, 4) is 0 Å². The maximum atomic E-state index is 12.4. The van der Waals surface area contributed by atoms with Crippen LogP contribution < -0.4 is 10.9 Å². The molecule has 0 amide bonds. The summed E-state index contributed by atoms with van der Waals surface area (Å²) in [7, 11) is 0. The molecule has 5 aromatic rings. The fourth-order valence-corrected chi connectivity index (χ4v) is 5.66. The Morgan fingerprint density at radius 3 is 2.21 bits per heavy atom. The molecule has 90 valence electrons. The van der Waals surface area contributed by atoms with E-state index in [9.17, 15) is 9.59 Å². The summed E-state index contributed by atoms with van der Waals surface area (Å²) in [5, 5.41) is 1.45. The molecule has 0 saturated heterocycles. The number of rotatable bonds is 0. The van der Waals surface area contributed by atoms with Gasteiger partial charge in [-0.3, -0.25) is 9.59 Å². The number of aromatic nitrogens is 2. The van der Waals surface area contributed by atoms with Gasteiger partial charge in [0.25, 0.3) is 0 Å². The molecule has 0 unspecified atom stereocenters. The number of hydrogen-bond donors (Lipinski definition) is 0. The fourth-order valence-electron chi connectivity index (χ4n) is 2.56. The van der Waals surface area contributed by atoms with Gasteiger partial charge in [-0.15, -0.1) is 34.0 Å². The molecule has 3 heterocycles. The van der Waals surface area contributed by atoms with Gasteiger partial charge in [-0.25, -0.2) is 9.97 Å². The van der Waals surface area contributed by atoms with Crippen molar-refractivity contribution in [3.63, 3.8) is 0 Å². The van der Waals surface area contributed by atoms with E-state index in [4.69, 9.17) is 0 Å². The van der Waals surface area contributed by atoms with Gasteiger partial charge < -0.3 is 0 Å². The van der Waals surface area contributed by atoms with Crippen LogP contribution in [-0.2, 0) is 0 Å². The smallest absolute Gasteiger partial charge is 0.223 e. The quantitative estimate of drug-likeness (QED) is 0.441. The van der Waals surface area contributed by atoms with Crippen molar-refractivity contribution in [3.05, 3.63) is 31.5 Å². The number of nitrogens with zero attached hydrogens (tertiary/aromatic N) is 2. The Balaban J connectivity index is 2.30. The zero-order chi connectivity index (χ0) is 12.7. The summed E-state index contributed by atoms with van der Waals surface area (Å²) in [4.78, 5) is 32.9. The molecule has 4 nitrogen and oxygen atoms in total. The highest BCUT2D eigenvalue weighted by molar-refractivity contribution is 7.31. The van der Waals surface area contributed by atoms with Gasteiger partial charge >= 0.3 is 0 Å². The third-order valence-corrected chi connectivity index (χ3v) is 6.36. The molecule has 0 aliphatic rings. The first-order chi connectivity index (χ1) is 9.27. The first kappa shape index (κ1) is 10.1. The molecule has 3 aromatic heterocycles. The van der Waals surface area contributed by atoms with Crippen molar-refractivity contribution < 1.29 is 0 Å². The Kier molecular flexibility index (Phi) is 1.63. The number of thiophene rings is 1. The van der Waals surface area contributed by atoms with Crippen LogP contribution in [0.2, 0.25) is 0 Å². The van der Waals surface area contributed by atoms with Crippen molar-refractivity contribution in [2.45, 2.75) is 0 Å². The van der Waals surface area contributed by atoms with Crippen LogP contribution in [0.5, 0.6) is 0 Å². The van der Waals surface area contributed by atoms with Crippen molar-refractivity contribution in [2.75, 3.05) is 0 Å². The van der Waals surface area contributed by atoms with Crippen LogP contribution in [0.15, 0.2) is 20.6 Å². The van der Waals surface area contributed by atoms with Gasteiger partial charge in [-0.05, 0) is 0 Å². The zero-order valence-electron chi connectivity index (χ0n) is 9.09. The monoisotopic (exact) mass is 302 g/mol. The lowest BCUT2D eigenvalue weighted by Gasteiger charge is -1.78. The average molecular weight is 302 g/mol. The number of thiazole rings is 2. The lowest BCUT2D eigenvalue weighted by molar-refractivity contribution is 1.49. The summed E-state index contributed by atoms with van der Waals surface area (Å²) < 4.78 is 3.30. The van der Waals surface area contributed by atoms with Crippen LogP contribution in [0.4, 0.5) is 0 Å². The second kappa shape index (κ2) is 3.06. The summed E-state index contributed by atoms with van der Waals surface area (Å²) >= 11 is 4.27. The van der Waals surface area contributed by atoms with Crippen LogP contribution in [-0.4, -0.2) is 9.97 Å². The summed E-state index contributed by atoms with van der Waals surface area (Å²) in [6.07, 6.45) is 0. The SMILES string of the molecule is O=c1c2ncsc2c2c1sc1c3scnc3c(=O)c12. The normalized spacial score (nSPS) is 12.6. The number of fused-ring (bicyclic) bond motifs is 7. The van der Waals surface area contributed by atoms with Crippen LogP contribution in [0.25, 0.3) is 40.6 Å². The molecule has 0 radical (unpaired) electrons. The molecule has 0 aliphatic carbocycles. The molecule has 5 rings (SSSR count). The van der Waals surface area contributed by atoms with Crippen molar-refractivity contribution in [2.24, 2.45) is 0 Å². The van der Waals surface area contributed by atoms with E-state index in [0.29, 0.717) is 21.1 Å². The van der Waals surface area contributed by atoms with E-state index in [1.165, 1.54) is 34.0 Å². The van der Waals surface area contributed by atoms with Gasteiger partial charge in [-0.2, -0.15) is 0 Å². The third kappa shape index (κ3) is 0.981. The van der Waals surface area contributed by atoms with Crippen LogP contribution in [0.1, 0.15) is 0 Å². The molecule has 0 bridgehead atoms. The van der Waals surface area contributed by atoms with E-state index < -0.39 is 0 Å². The fraction of sp³-hybridized carbons (Fsp3) is 0. The third-order valence-electron chi connectivity index (χ3n) is 3.34. The van der Waals surface area contributed by atoms with Gasteiger partial charge in [-0.1, -0.05) is 0 Å². The van der Waals surface area contributed by atoms with Crippen molar-refractivity contribution >= 4 is 74.6 Å². The Hall–Kier alpha value is -1.70. The van der Waals surface area contributed by atoms with Crippen LogP contribution in [0.3, 0.4) is 0 Å². The highest BCUT2D eigenvalue weighted by Crippen LogP contribution is 2.42. The molecule has 0 atom stereocenters. The molecule has 0 saturated carbocycles. The van der Waals surface area contributed by atoms with E-state index in [1.54, 1.807) is 11.0 Å². The van der Waals surface area contributed by atoms with Gasteiger partial charge in [0.1, 0.15) is 11.0 Å². The number of hydrogen-bond acceptors (Lipinski definition) is 7. The minimum absolute atomic E-state index is 0.0514. The van der Waals surface area contributed by atoms with Crippen molar-refractivity contribution in [1.29, 1.82) is 0 Å². The molecule has 0 fully saturated rings. The highest BCUT2D eigenvalue weighted by atomic mass is 32.1. The first-order valence-corrected chi connectivity index (χ1v) is 7.99. The van der Waals surface area contributed by atoms with E-state index in [0.717, 1.165) is 19.5 Å². The second-order valence-electron chi connectivity index (χ2n) is 4.23. The topological polar surface area (TPSA) is 59.9 Å². The largest absolute Gasteiger partial charge is 0.287 e. The average Bonchev–Trinajstić information content (AvgIpc) is 3.12. The van der Waals surface area contributed by atoms with Gasteiger partial charge in [0.2, 0.25) is 10.9 Å². The van der Waals surface area contributed by atoms with Crippen LogP contribution >= 0.6 is 34.0 Å². The molecule has 19 heavy (non-hydrogen) atoms. The van der Waals surface area contributed by atoms with E-state index in [2.05, 4.69) is 9.97 Å². The first-order valence-electron chi connectivity index (χ1n) is 5.41. The summed E-state index contributed by atoms with van der Waals surface area (Å²) in [5.74, 6) is 0. The molecular weight excluding hydrogens is 300 g/mol. The second-order valence-corrected chi connectivity index (χ2v) is 6.96. The van der Waals surface area contributed by atoms with Gasteiger partial charge in [0.15, 0.2) is 0 Å². The Morgan fingerprint density at radius 1 is 0.737 bits per heavy atom. The molecule has 0 aliphatic heterocycles. The summed E-state index contributed by atoms with van der Waals surface area (Å²) in [5.41, 5.74) is 4.24. The van der Waals surface area contributed by atoms with E-state index in [1.807, 2.05) is 0 Å². The summed E-state index contributed by atoms with van der Waals surface area (Å²) in [6, 6.07) is 0. The lowest BCUT2D eigenvalue weighted by atomic mass is 10.3. The van der Waals surface area contributed by atoms with E-state index in [-0.39, 0.29) is 10.9 Å². The highest BCUT2D eigenvalue weighted by Gasteiger charge is 2.24. The summed E-state index contributed by atoms with van der Waals surface area (Å²) in [6.45, 7) is 0. The molecule has 7 heteroatoms. The zero-order valence-corrected chi connectivity index (χ0v) is 11.5. The minimum Gasteiger partial charge on any atom is -0.287 e. The van der Waals surface area contributed by atoms with E-state index >= 15 is 0 Å². The predicted molar refractivity (Wildman–Crippen MR) is 80.6 cm³/mol. The Labute approximate surface area is 116 Å². The Bertz CT molecular complexity index is 1200. The maximum absolute atomic E-state index is 12.4. The molecular formula is C12H2N2O2S3. The predicted octanol–water partition coefficient (Wildman–Crippen LogP) is 2.87. The molecule has 0 spiro atoms. The van der Waals surface area contributed by atoms with Crippen molar-refractivity contribution in [1.82, 2.24) is 9.97 Å².